The summed E-state index contributed by atoms with van der Waals surface area (Å²) in [4.78, 5) is 1.11. The molecule has 0 saturated carbocycles. The number of thioether (sulfide) groups is 1. The van der Waals surface area contributed by atoms with Crippen LogP contribution in [0.5, 0.6) is 0 Å². The Morgan fingerprint density at radius 2 is 2.20 bits per heavy atom. The van der Waals surface area contributed by atoms with Gasteiger partial charge in [-0.3, -0.25) is 0 Å². The Labute approximate surface area is 95.3 Å². The molecular weight excluding hydrogens is 229 g/mol. The summed E-state index contributed by atoms with van der Waals surface area (Å²) < 4.78 is 16.3. The van der Waals surface area contributed by atoms with Gasteiger partial charge in [-0.05, 0) is 28.9 Å². The van der Waals surface area contributed by atoms with Crippen LogP contribution in [-0.2, 0) is 9.09 Å². The summed E-state index contributed by atoms with van der Waals surface area (Å²) in [5.74, 6) is 0.980. The zero-order valence-corrected chi connectivity index (χ0v) is 10.8. The molecule has 0 fully saturated rings. The third-order valence-electron chi connectivity index (χ3n) is 1.99. The number of hydrogen-bond acceptors (Lipinski definition) is 4. The summed E-state index contributed by atoms with van der Waals surface area (Å²) in [6, 6.07) is 3.71. The molecule has 0 radical (unpaired) electrons. The van der Waals surface area contributed by atoms with E-state index in [1.165, 1.54) is 7.11 Å². The molecule has 0 aromatic heterocycles. The number of anilines is 1. The lowest BCUT2D eigenvalue weighted by molar-refractivity contribution is 0.423. The summed E-state index contributed by atoms with van der Waals surface area (Å²) in [6.07, 6.45) is 0. The minimum atomic E-state index is -1.82. The van der Waals surface area contributed by atoms with Crippen LogP contribution >= 0.6 is 19.8 Å². The second-order valence-corrected chi connectivity index (χ2v) is 5.72. The van der Waals surface area contributed by atoms with Crippen LogP contribution < -0.4 is 11.0 Å². The second-order valence-electron chi connectivity index (χ2n) is 3.05. The number of nitrogens with two attached hydrogens (primary N) is 1. The quantitative estimate of drug-likeness (QED) is 0.502. The van der Waals surface area contributed by atoms with Crippen molar-refractivity contribution in [3.63, 3.8) is 0 Å². The van der Waals surface area contributed by atoms with Crippen molar-refractivity contribution in [3.05, 3.63) is 17.7 Å². The van der Waals surface area contributed by atoms with Gasteiger partial charge in [0.25, 0.3) is 0 Å². The average molecular weight is 244 g/mol. The van der Waals surface area contributed by atoms with E-state index in [1.807, 2.05) is 19.1 Å². The van der Waals surface area contributed by atoms with Crippen LogP contribution in [-0.4, -0.2) is 12.9 Å². The summed E-state index contributed by atoms with van der Waals surface area (Å²) in [5.41, 5.74) is 7.44. The molecule has 0 aliphatic carbocycles. The van der Waals surface area contributed by atoms with E-state index >= 15 is 0 Å². The Kier molecular flexibility index (Phi) is 4.58. The summed E-state index contributed by atoms with van der Waals surface area (Å²) >= 11 is 1.71. The van der Waals surface area contributed by atoms with Gasteiger partial charge in [-0.2, -0.15) is 0 Å². The van der Waals surface area contributed by atoms with Crippen molar-refractivity contribution < 1.29 is 9.09 Å². The van der Waals surface area contributed by atoms with Gasteiger partial charge >= 0.3 is 8.03 Å². The van der Waals surface area contributed by atoms with Gasteiger partial charge in [0.05, 0.1) is 12.8 Å². The molecule has 0 spiro atoms. The van der Waals surface area contributed by atoms with Gasteiger partial charge in [-0.1, -0.05) is 6.92 Å². The minimum absolute atomic E-state index is 0.538. The lowest BCUT2D eigenvalue weighted by Gasteiger charge is -2.04. The van der Waals surface area contributed by atoms with Gasteiger partial charge in [0, 0.05) is 11.0 Å². The van der Waals surface area contributed by atoms with Crippen molar-refractivity contribution in [3.8, 4) is 0 Å². The van der Waals surface area contributed by atoms with Crippen LogP contribution in [0, 0.1) is 6.92 Å². The van der Waals surface area contributed by atoms with Gasteiger partial charge in [0.15, 0.2) is 0 Å². The molecule has 1 rings (SSSR count). The van der Waals surface area contributed by atoms with E-state index in [0.717, 1.165) is 16.2 Å². The maximum absolute atomic E-state index is 11.5. The smallest absolute Gasteiger partial charge is 0.395 e. The SMILES string of the molecule is CCSc1cc([P+](=O)OC)c(N)cc1C. The largest absolute Gasteiger partial charge is 0.550 e. The number of hydrogen-bond donors (Lipinski definition) is 1. The van der Waals surface area contributed by atoms with E-state index in [4.69, 9.17) is 10.3 Å². The van der Waals surface area contributed by atoms with Crippen LogP contribution in [0.1, 0.15) is 12.5 Å². The molecule has 0 heterocycles. The highest BCUT2D eigenvalue weighted by atomic mass is 32.2. The van der Waals surface area contributed by atoms with Crippen molar-refractivity contribution in [1.29, 1.82) is 0 Å². The molecule has 82 valence electrons. The third kappa shape index (κ3) is 2.94. The first-order chi connectivity index (χ1) is 7.10. The number of nitrogen functional groups attached to an aromatic ring is 1. The van der Waals surface area contributed by atoms with Crippen LogP contribution in [0.25, 0.3) is 0 Å². The Hall–Kier alpha value is -0.570. The van der Waals surface area contributed by atoms with Crippen LogP contribution in [0.2, 0.25) is 0 Å². The van der Waals surface area contributed by atoms with E-state index in [2.05, 4.69) is 6.92 Å². The lowest BCUT2D eigenvalue weighted by atomic mass is 10.2. The first-order valence-electron chi connectivity index (χ1n) is 4.64. The highest BCUT2D eigenvalue weighted by Crippen LogP contribution is 2.29. The topological polar surface area (TPSA) is 52.3 Å². The van der Waals surface area contributed by atoms with Crippen LogP contribution in [0.4, 0.5) is 5.69 Å². The fourth-order valence-electron chi connectivity index (χ4n) is 1.27. The zero-order chi connectivity index (χ0) is 11.4. The molecule has 1 unspecified atom stereocenters. The van der Waals surface area contributed by atoms with Gasteiger partial charge in [-0.25, -0.2) is 0 Å². The molecule has 1 atom stereocenters. The van der Waals surface area contributed by atoms with Crippen molar-refractivity contribution >= 4 is 30.8 Å². The van der Waals surface area contributed by atoms with Crippen molar-refractivity contribution in [2.45, 2.75) is 18.7 Å². The molecule has 0 amide bonds. The summed E-state index contributed by atoms with van der Waals surface area (Å²) in [5, 5.41) is 0.592. The highest BCUT2D eigenvalue weighted by molar-refractivity contribution is 7.99. The Morgan fingerprint density at radius 1 is 1.53 bits per heavy atom. The molecule has 1 aromatic rings. The fourth-order valence-corrected chi connectivity index (χ4v) is 2.86. The lowest BCUT2D eigenvalue weighted by Crippen LogP contribution is -2.07. The average Bonchev–Trinajstić information content (AvgIpc) is 2.21. The number of aryl methyl sites for hydroxylation is 1. The van der Waals surface area contributed by atoms with Gasteiger partial charge in [0.2, 0.25) is 5.30 Å². The molecule has 3 nitrogen and oxygen atoms in total. The summed E-state index contributed by atoms with van der Waals surface area (Å²) in [6.45, 7) is 4.08. The number of rotatable bonds is 4. The minimum Gasteiger partial charge on any atom is -0.395 e. The van der Waals surface area contributed by atoms with E-state index in [-0.39, 0.29) is 0 Å². The monoisotopic (exact) mass is 244 g/mol. The van der Waals surface area contributed by atoms with E-state index in [0.29, 0.717) is 11.0 Å². The Bertz CT molecular complexity index is 382. The molecule has 0 bridgehead atoms. The van der Waals surface area contributed by atoms with Crippen LogP contribution in [0.3, 0.4) is 0 Å². The summed E-state index contributed by atoms with van der Waals surface area (Å²) in [7, 11) is -0.401. The molecule has 15 heavy (non-hydrogen) atoms. The highest BCUT2D eigenvalue weighted by Gasteiger charge is 2.25. The maximum atomic E-state index is 11.5. The molecule has 0 aliphatic heterocycles. The molecule has 0 aliphatic rings. The van der Waals surface area contributed by atoms with Crippen molar-refractivity contribution in [2.75, 3.05) is 18.6 Å². The van der Waals surface area contributed by atoms with Gasteiger partial charge < -0.3 is 5.73 Å². The molecular formula is C10H15NO2PS+. The normalized spacial score (nSPS) is 11.5. The first-order valence-corrected chi connectivity index (χ1v) is 6.80. The predicted octanol–water partition coefficient (Wildman–Crippen LogP) is 2.70. The zero-order valence-electron chi connectivity index (χ0n) is 9.11. The predicted molar refractivity (Wildman–Crippen MR) is 66.2 cm³/mol. The first kappa shape index (κ1) is 12.5. The van der Waals surface area contributed by atoms with Crippen molar-refractivity contribution in [2.24, 2.45) is 0 Å². The fraction of sp³-hybridized carbons (Fsp3) is 0.400. The second kappa shape index (κ2) is 5.50. The standard InChI is InChI=1S/C10H15NO2PS/c1-4-15-10-6-9(14(12)13-3)8(11)5-7(10)2/h5-6H,4,11H2,1-3H3/q+1. The Morgan fingerprint density at radius 3 is 2.73 bits per heavy atom. The number of benzene rings is 1. The molecule has 0 saturated heterocycles. The van der Waals surface area contributed by atoms with Crippen LogP contribution in [0.15, 0.2) is 17.0 Å². The van der Waals surface area contributed by atoms with Gasteiger partial charge in [0.1, 0.15) is 0 Å². The van der Waals surface area contributed by atoms with E-state index < -0.39 is 8.03 Å². The molecule has 1 aromatic carbocycles. The third-order valence-corrected chi connectivity index (χ3v) is 4.14. The maximum Gasteiger partial charge on any atom is 0.550 e. The molecule has 2 N–H and O–H groups in total. The van der Waals surface area contributed by atoms with Gasteiger partial charge in [-0.15, -0.1) is 16.3 Å². The van der Waals surface area contributed by atoms with E-state index in [9.17, 15) is 4.57 Å². The Balaban J connectivity index is 3.17. The van der Waals surface area contributed by atoms with E-state index in [1.54, 1.807) is 11.8 Å². The molecule has 5 heteroatoms. The van der Waals surface area contributed by atoms with Crippen molar-refractivity contribution in [1.82, 2.24) is 0 Å².